The van der Waals surface area contributed by atoms with Crippen molar-refractivity contribution in [2.75, 3.05) is 18.8 Å². The fraction of sp³-hybridized carbons (Fsp3) is 0.750. The molecule has 0 spiro atoms. The summed E-state index contributed by atoms with van der Waals surface area (Å²) in [5.74, 6) is 0.894. The molecule has 5 nitrogen and oxygen atoms in total. The second kappa shape index (κ2) is 8.05. The molecule has 2 N–H and O–H groups in total. The molecule has 0 bridgehead atoms. The predicted molar refractivity (Wildman–Crippen MR) is 84.9 cm³/mol. The van der Waals surface area contributed by atoms with Gasteiger partial charge in [-0.15, -0.1) is 0 Å². The summed E-state index contributed by atoms with van der Waals surface area (Å²) >= 11 is 0. The number of nitrogen functional groups attached to an aromatic ring is 1. The topological polar surface area (TPSA) is 64.2 Å². The van der Waals surface area contributed by atoms with Crippen molar-refractivity contribution in [2.45, 2.75) is 64.3 Å². The first-order valence-electron chi connectivity index (χ1n) is 8.29. The number of carbonyl (C=O) groups is 1. The van der Waals surface area contributed by atoms with Crippen LogP contribution < -0.4 is 5.73 Å². The molecule has 1 fully saturated rings. The van der Waals surface area contributed by atoms with Crippen LogP contribution in [0.4, 0.5) is 5.82 Å². The Hall–Kier alpha value is -1.52. The lowest BCUT2D eigenvalue weighted by molar-refractivity contribution is -0.132. The van der Waals surface area contributed by atoms with Gasteiger partial charge in [-0.05, 0) is 25.3 Å². The van der Waals surface area contributed by atoms with E-state index in [2.05, 4.69) is 12.0 Å². The minimum absolute atomic E-state index is 0.324. The van der Waals surface area contributed by atoms with Crippen molar-refractivity contribution in [2.24, 2.45) is 0 Å². The molecule has 1 amide bonds. The zero-order valence-corrected chi connectivity index (χ0v) is 13.1. The Morgan fingerprint density at radius 2 is 2.00 bits per heavy atom. The van der Waals surface area contributed by atoms with E-state index in [0.29, 0.717) is 24.2 Å². The van der Waals surface area contributed by atoms with Gasteiger partial charge in [-0.25, -0.2) is 0 Å². The highest BCUT2D eigenvalue weighted by molar-refractivity contribution is 5.76. The molecule has 0 radical (unpaired) electrons. The number of aromatic nitrogens is 2. The normalized spacial score (nSPS) is 16.3. The zero-order valence-electron chi connectivity index (χ0n) is 13.1. The third-order valence-corrected chi connectivity index (χ3v) is 4.31. The number of piperidine rings is 1. The van der Waals surface area contributed by atoms with Crippen LogP contribution in [0.5, 0.6) is 0 Å². The van der Waals surface area contributed by atoms with Crippen LogP contribution in [0.25, 0.3) is 0 Å². The van der Waals surface area contributed by atoms with Crippen molar-refractivity contribution in [3.8, 4) is 0 Å². The number of amides is 1. The lowest BCUT2D eigenvalue weighted by Gasteiger charge is -2.32. The van der Waals surface area contributed by atoms with Gasteiger partial charge in [0.2, 0.25) is 5.91 Å². The van der Waals surface area contributed by atoms with E-state index >= 15 is 0 Å². The van der Waals surface area contributed by atoms with Crippen molar-refractivity contribution in [3.05, 3.63) is 12.3 Å². The van der Waals surface area contributed by atoms with E-state index in [0.717, 1.165) is 32.4 Å². The molecule has 1 aliphatic heterocycles. The Balaban J connectivity index is 1.67. The van der Waals surface area contributed by atoms with E-state index in [9.17, 15) is 4.79 Å². The Kier molecular flexibility index (Phi) is 6.08. The van der Waals surface area contributed by atoms with Gasteiger partial charge >= 0.3 is 0 Å². The summed E-state index contributed by atoms with van der Waals surface area (Å²) < 4.78 is 1.95. The molecule has 5 heteroatoms. The fourth-order valence-corrected chi connectivity index (χ4v) is 2.97. The number of anilines is 1. The summed E-state index contributed by atoms with van der Waals surface area (Å²) in [4.78, 5) is 14.2. The molecule has 1 saturated heterocycles. The molecule has 0 unspecified atom stereocenters. The van der Waals surface area contributed by atoms with Crippen LogP contribution in [0.3, 0.4) is 0 Å². The monoisotopic (exact) mass is 292 g/mol. The summed E-state index contributed by atoms with van der Waals surface area (Å²) in [7, 11) is 0. The average Bonchev–Trinajstić information content (AvgIpc) is 2.93. The maximum atomic E-state index is 12.2. The Bertz CT molecular complexity index is 435. The maximum absolute atomic E-state index is 12.2. The first kappa shape index (κ1) is 15.9. The first-order valence-corrected chi connectivity index (χ1v) is 8.29. The molecule has 118 valence electrons. The van der Waals surface area contributed by atoms with Crippen LogP contribution in [0.2, 0.25) is 0 Å². The third kappa shape index (κ3) is 4.76. The molecule has 21 heavy (non-hydrogen) atoms. The van der Waals surface area contributed by atoms with Crippen LogP contribution in [0.1, 0.15) is 64.3 Å². The van der Waals surface area contributed by atoms with Gasteiger partial charge in [0.05, 0.1) is 6.04 Å². The second-order valence-corrected chi connectivity index (χ2v) is 6.00. The minimum Gasteiger partial charge on any atom is -0.382 e. The highest BCUT2D eigenvalue weighted by Crippen LogP contribution is 2.23. The second-order valence-electron chi connectivity index (χ2n) is 6.00. The number of likely N-dealkylation sites (tertiary alicyclic amines) is 1. The number of rotatable bonds is 7. The molecule has 1 aromatic heterocycles. The third-order valence-electron chi connectivity index (χ3n) is 4.31. The molecular weight excluding hydrogens is 264 g/mol. The van der Waals surface area contributed by atoms with Gasteiger partial charge in [-0.2, -0.15) is 5.10 Å². The number of hydrogen-bond donors (Lipinski definition) is 1. The van der Waals surface area contributed by atoms with Crippen molar-refractivity contribution in [1.29, 1.82) is 0 Å². The number of carbonyl (C=O) groups excluding carboxylic acids is 1. The average molecular weight is 292 g/mol. The van der Waals surface area contributed by atoms with Crippen LogP contribution in [-0.4, -0.2) is 33.7 Å². The van der Waals surface area contributed by atoms with E-state index < -0.39 is 0 Å². The highest BCUT2D eigenvalue weighted by atomic mass is 16.2. The Morgan fingerprint density at radius 1 is 1.29 bits per heavy atom. The summed E-state index contributed by atoms with van der Waals surface area (Å²) in [6.45, 7) is 3.90. The van der Waals surface area contributed by atoms with Crippen molar-refractivity contribution in [3.63, 3.8) is 0 Å². The molecule has 1 aromatic rings. The summed E-state index contributed by atoms with van der Waals surface area (Å²) in [5, 5.41) is 4.27. The lowest BCUT2D eigenvalue weighted by Crippen LogP contribution is -2.39. The van der Waals surface area contributed by atoms with Crippen LogP contribution >= 0.6 is 0 Å². The summed E-state index contributed by atoms with van der Waals surface area (Å²) in [6, 6.07) is 2.21. The molecule has 1 aliphatic rings. The summed E-state index contributed by atoms with van der Waals surface area (Å²) in [5.41, 5.74) is 5.65. The predicted octanol–water partition coefficient (Wildman–Crippen LogP) is 2.99. The minimum atomic E-state index is 0.324. The quantitative estimate of drug-likeness (QED) is 0.786. The standard InChI is InChI=1S/C16H28N4O/c1-2-3-4-5-6-7-16(21)19-11-8-14(9-12-19)20-13-10-15(17)18-20/h10,13-14H,2-9,11-12H2,1H3,(H2,17,18). The molecule has 2 heterocycles. The van der Waals surface area contributed by atoms with Crippen LogP contribution in [-0.2, 0) is 4.79 Å². The summed E-state index contributed by atoms with van der Waals surface area (Å²) in [6.07, 6.45) is 10.6. The van der Waals surface area contributed by atoms with Crippen LogP contribution in [0.15, 0.2) is 12.3 Å². The Morgan fingerprint density at radius 3 is 2.62 bits per heavy atom. The molecule has 0 atom stereocenters. The first-order chi connectivity index (χ1) is 10.2. The lowest BCUT2D eigenvalue weighted by atomic mass is 10.0. The van der Waals surface area contributed by atoms with Crippen molar-refractivity contribution >= 4 is 11.7 Å². The molecular formula is C16H28N4O. The van der Waals surface area contributed by atoms with Gasteiger partial charge in [0.25, 0.3) is 0 Å². The van der Waals surface area contributed by atoms with Crippen molar-refractivity contribution < 1.29 is 4.79 Å². The van der Waals surface area contributed by atoms with E-state index in [1.165, 1.54) is 25.7 Å². The van der Waals surface area contributed by atoms with Gasteiger partial charge in [0.15, 0.2) is 0 Å². The van der Waals surface area contributed by atoms with E-state index in [1.54, 1.807) is 0 Å². The smallest absolute Gasteiger partial charge is 0.222 e. The van der Waals surface area contributed by atoms with Gasteiger partial charge in [-0.1, -0.05) is 32.6 Å². The van der Waals surface area contributed by atoms with Crippen LogP contribution in [0, 0.1) is 0 Å². The highest BCUT2D eigenvalue weighted by Gasteiger charge is 2.23. The van der Waals surface area contributed by atoms with Gasteiger partial charge in [0, 0.05) is 25.7 Å². The SMILES string of the molecule is CCCCCCCC(=O)N1CCC(n2ccc(N)n2)CC1. The number of hydrogen-bond acceptors (Lipinski definition) is 3. The number of nitrogens with zero attached hydrogens (tertiary/aromatic N) is 3. The molecule has 0 aromatic carbocycles. The Labute approximate surface area is 127 Å². The number of unbranched alkanes of at least 4 members (excludes halogenated alkanes) is 4. The van der Waals surface area contributed by atoms with Gasteiger partial charge in [0.1, 0.15) is 5.82 Å². The van der Waals surface area contributed by atoms with Crippen molar-refractivity contribution in [1.82, 2.24) is 14.7 Å². The zero-order chi connectivity index (χ0) is 15.1. The van der Waals surface area contributed by atoms with Gasteiger partial charge in [-0.3, -0.25) is 9.48 Å². The largest absolute Gasteiger partial charge is 0.382 e. The van der Waals surface area contributed by atoms with Gasteiger partial charge < -0.3 is 10.6 Å². The fourth-order valence-electron chi connectivity index (χ4n) is 2.97. The molecule has 2 rings (SSSR count). The van der Waals surface area contributed by atoms with E-state index in [4.69, 9.17) is 5.73 Å². The van der Waals surface area contributed by atoms with E-state index in [1.807, 2.05) is 21.8 Å². The molecule has 0 aliphatic carbocycles. The number of nitrogens with two attached hydrogens (primary N) is 1. The van der Waals surface area contributed by atoms with E-state index in [-0.39, 0.29) is 0 Å². The maximum Gasteiger partial charge on any atom is 0.222 e. The molecule has 0 saturated carbocycles.